The number of hydrogen-bond acceptors (Lipinski definition) is 3. The third-order valence-corrected chi connectivity index (χ3v) is 3.80. The number of piperidine rings is 1. The largest absolute Gasteiger partial charge is 0.385 e. The van der Waals surface area contributed by atoms with Crippen molar-refractivity contribution in [1.82, 2.24) is 4.90 Å². The molecule has 1 atom stereocenters. The van der Waals surface area contributed by atoms with E-state index in [9.17, 15) is 0 Å². The summed E-state index contributed by atoms with van der Waals surface area (Å²) in [5.41, 5.74) is 1.71. The van der Waals surface area contributed by atoms with Crippen LogP contribution in [-0.2, 0) is 0 Å². The van der Waals surface area contributed by atoms with Gasteiger partial charge in [0.15, 0.2) is 0 Å². The van der Waals surface area contributed by atoms with E-state index in [0.717, 1.165) is 23.2 Å². The number of anilines is 1. The second-order valence-corrected chi connectivity index (χ2v) is 5.91. The molecule has 1 aliphatic rings. The van der Waals surface area contributed by atoms with E-state index in [0.29, 0.717) is 11.5 Å². The number of hydrogen-bond donors (Lipinski definition) is 1. The molecule has 0 saturated carbocycles. The van der Waals surface area contributed by atoms with E-state index in [1.807, 2.05) is 18.2 Å². The molecule has 1 saturated heterocycles. The van der Waals surface area contributed by atoms with Gasteiger partial charge in [-0.25, -0.2) is 0 Å². The SMILES string of the molecule is CN1CCCC(CNc2cc(Br)cc(C#N)c2)C1. The Morgan fingerprint density at radius 2 is 2.33 bits per heavy atom. The van der Waals surface area contributed by atoms with Gasteiger partial charge >= 0.3 is 0 Å². The fourth-order valence-corrected chi connectivity index (χ4v) is 2.95. The highest BCUT2D eigenvalue weighted by atomic mass is 79.9. The van der Waals surface area contributed by atoms with Crippen LogP contribution >= 0.6 is 15.9 Å². The number of nitrogens with one attached hydrogen (secondary N) is 1. The summed E-state index contributed by atoms with van der Waals surface area (Å²) in [5, 5.41) is 12.4. The van der Waals surface area contributed by atoms with Gasteiger partial charge < -0.3 is 10.2 Å². The molecule has 0 aromatic heterocycles. The Balaban J connectivity index is 1.93. The first-order chi connectivity index (χ1) is 8.67. The van der Waals surface area contributed by atoms with Gasteiger partial charge in [-0.3, -0.25) is 0 Å². The number of likely N-dealkylation sites (tertiary alicyclic amines) is 1. The minimum Gasteiger partial charge on any atom is -0.385 e. The van der Waals surface area contributed by atoms with Gasteiger partial charge in [-0.05, 0) is 50.6 Å². The lowest BCUT2D eigenvalue weighted by atomic mass is 9.98. The van der Waals surface area contributed by atoms with Crippen LogP contribution < -0.4 is 5.32 Å². The molecule has 0 aliphatic carbocycles. The minimum atomic E-state index is 0.688. The fraction of sp³-hybridized carbons (Fsp3) is 0.500. The van der Waals surface area contributed by atoms with Gasteiger partial charge in [-0.2, -0.15) is 5.26 Å². The van der Waals surface area contributed by atoms with Crippen LogP contribution in [0, 0.1) is 17.2 Å². The number of benzene rings is 1. The van der Waals surface area contributed by atoms with Crippen molar-refractivity contribution >= 4 is 21.6 Å². The molecule has 1 fully saturated rings. The van der Waals surface area contributed by atoms with Gasteiger partial charge in [0.25, 0.3) is 0 Å². The van der Waals surface area contributed by atoms with Gasteiger partial charge in [0.1, 0.15) is 0 Å². The Labute approximate surface area is 117 Å². The molecule has 0 amide bonds. The highest BCUT2D eigenvalue weighted by molar-refractivity contribution is 9.10. The molecule has 0 bridgehead atoms. The molecule has 18 heavy (non-hydrogen) atoms. The Morgan fingerprint density at radius 3 is 3.06 bits per heavy atom. The van der Waals surface area contributed by atoms with Crippen molar-refractivity contribution in [2.45, 2.75) is 12.8 Å². The van der Waals surface area contributed by atoms with Crippen LogP contribution in [0.1, 0.15) is 18.4 Å². The summed E-state index contributed by atoms with van der Waals surface area (Å²) < 4.78 is 0.949. The summed E-state index contributed by atoms with van der Waals surface area (Å²) in [4.78, 5) is 2.39. The molecule has 1 aromatic carbocycles. The van der Waals surface area contributed by atoms with Crippen LogP contribution in [0.4, 0.5) is 5.69 Å². The first kappa shape index (κ1) is 13.4. The molecular weight excluding hydrogens is 290 g/mol. The van der Waals surface area contributed by atoms with E-state index in [1.165, 1.54) is 19.4 Å². The highest BCUT2D eigenvalue weighted by Gasteiger charge is 2.16. The quantitative estimate of drug-likeness (QED) is 0.933. The Morgan fingerprint density at radius 1 is 1.50 bits per heavy atom. The van der Waals surface area contributed by atoms with Gasteiger partial charge in [-0.15, -0.1) is 0 Å². The molecule has 4 heteroatoms. The first-order valence-corrected chi connectivity index (χ1v) is 7.10. The fourth-order valence-electron chi connectivity index (χ4n) is 2.46. The summed E-state index contributed by atoms with van der Waals surface area (Å²) in [5.74, 6) is 0.702. The van der Waals surface area contributed by atoms with Gasteiger partial charge in [0.05, 0.1) is 11.6 Å². The third kappa shape index (κ3) is 3.72. The summed E-state index contributed by atoms with van der Waals surface area (Å²) in [6, 6.07) is 7.93. The smallest absolute Gasteiger partial charge is 0.0992 e. The Bertz CT molecular complexity index is 453. The summed E-state index contributed by atoms with van der Waals surface area (Å²) in [7, 11) is 2.18. The molecule has 1 aliphatic heterocycles. The number of rotatable bonds is 3. The summed E-state index contributed by atoms with van der Waals surface area (Å²) >= 11 is 3.43. The van der Waals surface area contributed by atoms with E-state index in [1.54, 1.807) is 0 Å². The van der Waals surface area contributed by atoms with Crippen molar-refractivity contribution in [3.8, 4) is 6.07 Å². The van der Waals surface area contributed by atoms with Crippen molar-refractivity contribution in [1.29, 1.82) is 5.26 Å². The van der Waals surface area contributed by atoms with Crippen molar-refractivity contribution < 1.29 is 0 Å². The van der Waals surface area contributed by atoms with E-state index < -0.39 is 0 Å². The molecular formula is C14H18BrN3. The van der Waals surface area contributed by atoms with E-state index in [4.69, 9.17) is 5.26 Å². The molecule has 1 unspecified atom stereocenters. The van der Waals surface area contributed by atoms with Crippen LogP contribution in [0.2, 0.25) is 0 Å². The lowest BCUT2D eigenvalue weighted by molar-refractivity contribution is 0.217. The standard InChI is InChI=1S/C14H18BrN3/c1-18-4-2-3-11(10-18)9-17-14-6-12(8-16)5-13(15)7-14/h5-7,11,17H,2-4,9-10H2,1H3. The molecule has 0 spiro atoms. The van der Waals surface area contributed by atoms with Gasteiger partial charge in [-0.1, -0.05) is 15.9 Å². The molecule has 0 radical (unpaired) electrons. The molecule has 2 rings (SSSR count). The predicted octanol–water partition coefficient (Wildman–Crippen LogP) is 3.07. The van der Waals surface area contributed by atoms with Gasteiger partial charge in [0, 0.05) is 23.2 Å². The number of halogens is 1. The second kappa shape index (κ2) is 6.21. The lowest BCUT2D eigenvalue weighted by Crippen LogP contribution is -2.35. The summed E-state index contributed by atoms with van der Waals surface area (Å²) in [6.45, 7) is 3.35. The van der Waals surface area contributed by atoms with Crippen LogP contribution in [-0.4, -0.2) is 31.6 Å². The zero-order valence-corrected chi connectivity index (χ0v) is 12.2. The average molecular weight is 308 g/mol. The van der Waals surface area contributed by atoms with Crippen molar-refractivity contribution in [2.24, 2.45) is 5.92 Å². The van der Waals surface area contributed by atoms with Gasteiger partial charge in [0.2, 0.25) is 0 Å². The Hall–Kier alpha value is -1.05. The van der Waals surface area contributed by atoms with Crippen molar-refractivity contribution in [2.75, 3.05) is 32.0 Å². The third-order valence-electron chi connectivity index (χ3n) is 3.34. The van der Waals surface area contributed by atoms with Crippen molar-refractivity contribution in [3.05, 3.63) is 28.2 Å². The molecule has 1 heterocycles. The van der Waals surface area contributed by atoms with E-state index >= 15 is 0 Å². The number of nitrogens with zero attached hydrogens (tertiary/aromatic N) is 2. The maximum absolute atomic E-state index is 8.93. The van der Waals surface area contributed by atoms with E-state index in [-0.39, 0.29) is 0 Å². The molecule has 96 valence electrons. The Kier molecular flexibility index (Phi) is 4.62. The van der Waals surface area contributed by atoms with Crippen LogP contribution in [0.5, 0.6) is 0 Å². The van der Waals surface area contributed by atoms with Crippen molar-refractivity contribution in [3.63, 3.8) is 0 Å². The number of nitriles is 1. The highest BCUT2D eigenvalue weighted by Crippen LogP contribution is 2.21. The van der Waals surface area contributed by atoms with Crippen LogP contribution in [0.15, 0.2) is 22.7 Å². The normalized spacial score (nSPS) is 20.4. The lowest BCUT2D eigenvalue weighted by Gasteiger charge is -2.30. The molecule has 3 nitrogen and oxygen atoms in total. The van der Waals surface area contributed by atoms with E-state index in [2.05, 4.69) is 39.3 Å². The predicted molar refractivity (Wildman–Crippen MR) is 77.6 cm³/mol. The van der Waals surface area contributed by atoms with Crippen LogP contribution in [0.3, 0.4) is 0 Å². The summed E-state index contributed by atoms with van der Waals surface area (Å²) in [6.07, 6.45) is 2.57. The minimum absolute atomic E-state index is 0.688. The monoisotopic (exact) mass is 307 g/mol. The van der Waals surface area contributed by atoms with Crippen LogP contribution in [0.25, 0.3) is 0 Å². The maximum atomic E-state index is 8.93. The maximum Gasteiger partial charge on any atom is 0.0992 e. The zero-order valence-electron chi connectivity index (χ0n) is 10.6. The molecule has 1 aromatic rings. The first-order valence-electron chi connectivity index (χ1n) is 6.30. The molecule has 1 N–H and O–H groups in total. The topological polar surface area (TPSA) is 39.1 Å². The zero-order chi connectivity index (χ0) is 13.0. The average Bonchev–Trinajstić information content (AvgIpc) is 2.36. The second-order valence-electron chi connectivity index (χ2n) is 4.99.